The number of nitrogens with one attached hydrogen (secondary N) is 1. The van der Waals surface area contributed by atoms with E-state index in [0.29, 0.717) is 11.8 Å². The summed E-state index contributed by atoms with van der Waals surface area (Å²) in [6.07, 6.45) is 6.07. The van der Waals surface area contributed by atoms with Crippen LogP contribution in [0.4, 0.5) is 0 Å². The highest BCUT2D eigenvalue weighted by atomic mass is 32.2. The van der Waals surface area contributed by atoms with Gasteiger partial charge in [0.15, 0.2) is 0 Å². The number of aldehydes is 1. The lowest BCUT2D eigenvalue weighted by molar-refractivity contribution is -0.107. The molecule has 0 bridgehead atoms. The number of rotatable bonds is 4. The molecule has 1 amide bonds. The van der Waals surface area contributed by atoms with Crippen LogP contribution in [-0.4, -0.2) is 36.0 Å². The first kappa shape index (κ1) is 13.7. The lowest BCUT2D eigenvalue weighted by atomic mass is 10.3. The molecular weight excluding hydrogens is 214 g/mol. The molecule has 84 valence electrons. The third-order valence-electron chi connectivity index (χ3n) is 1.49. The molecule has 0 atom stereocenters. The van der Waals surface area contributed by atoms with Gasteiger partial charge in [-0.2, -0.15) is 0 Å². The zero-order valence-corrected chi connectivity index (χ0v) is 9.58. The van der Waals surface area contributed by atoms with E-state index in [1.807, 2.05) is 10.2 Å². The third kappa shape index (κ3) is 4.66. The van der Waals surface area contributed by atoms with Crippen molar-refractivity contribution in [3.63, 3.8) is 0 Å². The zero-order chi connectivity index (χ0) is 11.7. The van der Waals surface area contributed by atoms with Gasteiger partial charge in [-0.3, -0.25) is 8.77 Å². The van der Waals surface area contributed by atoms with E-state index in [2.05, 4.69) is 11.1 Å². The number of nitrogens with zero attached hydrogens (tertiary/aromatic N) is 1. The van der Waals surface area contributed by atoms with Crippen LogP contribution in [0.5, 0.6) is 0 Å². The van der Waals surface area contributed by atoms with E-state index in [0.717, 1.165) is 0 Å². The molecule has 0 aliphatic heterocycles. The molecule has 0 aliphatic carbocycles. The van der Waals surface area contributed by atoms with Crippen molar-refractivity contribution < 1.29 is 9.59 Å². The van der Waals surface area contributed by atoms with Gasteiger partial charge in [-0.05, 0) is 25.1 Å². The second-order valence-electron chi connectivity index (χ2n) is 2.32. The van der Waals surface area contributed by atoms with Crippen molar-refractivity contribution in [1.82, 2.24) is 9.29 Å². The van der Waals surface area contributed by atoms with Crippen LogP contribution in [0, 0.1) is 0 Å². The molecule has 0 unspecified atom stereocenters. The van der Waals surface area contributed by atoms with Crippen molar-refractivity contribution in [2.75, 3.05) is 19.8 Å². The summed E-state index contributed by atoms with van der Waals surface area (Å²) >= 11 is 1.50. The standard InChI is InChI=1S/C8H10N2O2S.CH5N/c1-13-10-4-2-7(6-10)8(12)9-3-5-11;1-2/h2,4-6H,3H2,1H3,(H,9,12);2H2,1H3. The second-order valence-corrected chi connectivity index (χ2v) is 3.11. The molecule has 3 N–H and O–H groups in total. The summed E-state index contributed by atoms with van der Waals surface area (Å²) in [6.45, 7) is 0.0588. The summed E-state index contributed by atoms with van der Waals surface area (Å²) in [5.74, 6) is -0.222. The average molecular weight is 229 g/mol. The van der Waals surface area contributed by atoms with Crippen LogP contribution in [0.15, 0.2) is 18.5 Å². The van der Waals surface area contributed by atoms with Gasteiger partial charge in [0.1, 0.15) is 6.29 Å². The molecule has 0 aromatic carbocycles. The highest BCUT2D eigenvalue weighted by molar-refractivity contribution is 7.97. The van der Waals surface area contributed by atoms with E-state index in [1.54, 1.807) is 18.5 Å². The Kier molecular flexibility index (Phi) is 7.39. The quantitative estimate of drug-likeness (QED) is 0.719. The molecule has 0 saturated carbocycles. The van der Waals surface area contributed by atoms with Crippen molar-refractivity contribution in [3.05, 3.63) is 24.0 Å². The van der Waals surface area contributed by atoms with E-state index in [-0.39, 0.29) is 12.5 Å². The maximum absolute atomic E-state index is 11.2. The van der Waals surface area contributed by atoms with Gasteiger partial charge in [-0.25, -0.2) is 0 Å². The van der Waals surface area contributed by atoms with E-state index in [1.165, 1.54) is 19.0 Å². The second kappa shape index (κ2) is 8.07. The van der Waals surface area contributed by atoms with Crippen molar-refractivity contribution in [2.24, 2.45) is 5.73 Å². The molecule has 5 nitrogen and oxygen atoms in total. The van der Waals surface area contributed by atoms with Gasteiger partial charge in [0, 0.05) is 18.6 Å². The molecular formula is C9H15N3O2S. The number of aromatic nitrogens is 1. The Balaban J connectivity index is 0.000000921. The Labute approximate surface area is 93.2 Å². The summed E-state index contributed by atoms with van der Waals surface area (Å²) < 4.78 is 1.82. The first-order valence-electron chi connectivity index (χ1n) is 4.30. The number of carbonyl (C=O) groups excluding carboxylic acids is 2. The van der Waals surface area contributed by atoms with Gasteiger partial charge >= 0.3 is 0 Å². The Morgan fingerprint density at radius 1 is 1.67 bits per heavy atom. The smallest absolute Gasteiger partial charge is 0.253 e. The lowest BCUT2D eigenvalue weighted by Gasteiger charge is -1.96. The van der Waals surface area contributed by atoms with Crippen LogP contribution in [0.2, 0.25) is 0 Å². The first-order chi connectivity index (χ1) is 7.27. The molecule has 0 aliphatic rings. The minimum atomic E-state index is -0.222. The molecule has 1 aromatic rings. The van der Waals surface area contributed by atoms with E-state index in [9.17, 15) is 9.59 Å². The Morgan fingerprint density at radius 2 is 2.33 bits per heavy atom. The summed E-state index contributed by atoms with van der Waals surface area (Å²) in [5.41, 5.74) is 5.07. The molecule has 1 rings (SSSR count). The largest absolute Gasteiger partial charge is 0.345 e. The van der Waals surface area contributed by atoms with Gasteiger partial charge in [0.2, 0.25) is 0 Å². The number of hydrogen-bond acceptors (Lipinski definition) is 4. The summed E-state index contributed by atoms with van der Waals surface area (Å²) in [6, 6.07) is 1.70. The first-order valence-corrected chi connectivity index (χ1v) is 5.48. The zero-order valence-electron chi connectivity index (χ0n) is 8.77. The summed E-state index contributed by atoms with van der Waals surface area (Å²) in [4.78, 5) is 21.2. The van der Waals surface area contributed by atoms with Crippen LogP contribution >= 0.6 is 11.9 Å². The van der Waals surface area contributed by atoms with Gasteiger partial charge in [0.05, 0.1) is 12.1 Å². The molecule has 1 aromatic heterocycles. The third-order valence-corrected chi connectivity index (χ3v) is 2.14. The highest BCUT2D eigenvalue weighted by Crippen LogP contribution is 2.06. The van der Waals surface area contributed by atoms with Gasteiger partial charge in [0.25, 0.3) is 5.91 Å². The predicted molar refractivity (Wildman–Crippen MR) is 61.9 cm³/mol. The minimum absolute atomic E-state index is 0.0588. The monoisotopic (exact) mass is 229 g/mol. The van der Waals surface area contributed by atoms with Crippen LogP contribution in [0.25, 0.3) is 0 Å². The molecule has 1 heterocycles. The maximum Gasteiger partial charge on any atom is 0.253 e. The topological polar surface area (TPSA) is 77.1 Å². The summed E-state index contributed by atoms with van der Waals surface area (Å²) in [7, 11) is 1.50. The van der Waals surface area contributed by atoms with Crippen LogP contribution in [0.3, 0.4) is 0 Å². The molecule has 0 spiro atoms. The van der Waals surface area contributed by atoms with Crippen molar-refractivity contribution in [3.8, 4) is 0 Å². The number of hydrogen-bond donors (Lipinski definition) is 2. The normalized spacial score (nSPS) is 8.73. The fourth-order valence-electron chi connectivity index (χ4n) is 0.861. The van der Waals surface area contributed by atoms with Crippen molar-refractivity contribution >= 4 is 24.1 Å². The number of carbonyl (C=O) groups is 2. The molecule has 0 saturated heterocycles. The number of nitrogens with two attached hydrogens (primary N) is 1. The molecule has 15 heavy (non-hydrogen) atoms. The van der Waals surface area contributed by atoms with Crippen molar-refractivity contribution in [1.29, 1.82) is 0 Å². The Bertz CT molecular complexity index is 312. The SMILES string of the molecule is CN.CSn1ccc(C(=O)NCC=O)c1. The van der Waals surface area contributed by atoms with E-state index >= 15 is 0 Å². The highest BCUT2D eigenvalue weighted by Gasteiger charge is 2.05. The fraction of sp³-hybridized carbons (Fsp3) is 0.333. The summed E-state index contributed by atoms with van der Waals surface area (Å²) in [5, 5.41) is 2.46. The predicted octanol–water partition coefficient (Wildman–Crippen LogP) is 0.118. The average Bonchev–Trinajstić information content (AvgIpc) is 2.77. The van der Waals surface area contributed by atoms with Gasteiger partial charge in [-0.1, -0.05) is 0 Å². The van der Waals surface area contributed by atoms with Gasteiger partial charge in [-0.15, -0.1) is 0 Å². The maximum atomic E-state index is 11.2. The lowest BCUT2D eigenvalue weighted by Crippen LogP contribution is -2.24. The van der Waals surface area contributed by atoms with Crippen molar-refractivity contribution in [2.45, 2.75) is 0 Å². The fourth-order valence-corrected chi connectivity index (χ4v) is 1.26. The minimum Gasteiger partial charge on any atom is -0.345 e. The van der Waals surface area contributed by atoms with Crippen LogP contribution in [0.1, 0.15) is 10.4 Å². The molecule has 0 fully saturated rings. The number of amides is 1. The Morgan fingerprint density at radius 3 is 2.80 bits per heavy atom. The molecule has 6 heteroatoms. The molecule has 0 radical (unpaired) electrons. The van der Waals surface area contributed by atoms with Crippen LogP contribution in [-0.2, 0) is 4.79 Å². The Hall–Kier alpha value is -1.27. The van der Waals surface area contributed by atoms with E-state index < -0.39 is 0 Å². The van der Waals surface area contributed by atoms with E-state index in [4.69, 9.17) is 0 Å². The van der Waals surface area contributed by atoms with Gasteiger partial charge < -0.3 is 15.8 Å². The van der Waals surface area contributed by atoms with Crippen LogP contribution < -0.4 is 11.1 Å².